The van der Waals surface area contributed by atoms with Crippen molar-refractivity contribution in [3.8, 4) is 0 Å². The van der Waals surface area contributed by atoms with Crippen LogP contribution in [0, 0.1) is 0 Å². The van der Waals surface area contributed by atoms with Gasteiger partial charge in [-0.3, -0.25) is 33.2 Å². The number of imide groups is 1. The van der Waals surface area contributed by atoms with E-state index in [0.717, 1.165) is 11.3 Å². The van der Waals surface area contributed by atoms with Crippen molar-refractivity contribution in [3.05, 3.63) is 29.8 Å². The van der Waals surface area contributed by atoms with Gasteiger partial charge in [0, 0.05) is 49.9 Å². The molecule has 0 radical (unpaired) electrons. The lowest BCUT2D eigenvalue weighted by molar-refractivity contribution is -0.148. The maximum Gasteiger partial charge on any atom is 0.369 e. The van der Waals surface area contributed by atoms with Gasteiger partial charge in [0.1, 0.15) is 6.54 Å². The number of aliphatic hydroxyl groups is 1. The van der Waals surface area contributed by atoms with E-state index < -0.39 is 82.9 Å². The van der Waals surface area contributed by atoms with E-state index in [0.29, 0.717) is 42.6 Å². The molecule has 0 spiro atoms. The summed E-state index contributed by atoms with van der Waals surface area (Å²) in [4.78, 5) is 89.1. The van der Waals surface area contributed by atoms with Crippen LogP contribution in [-0.4, -0.2) is 109 Å². The fourth-order valence-corrected chi connectivity index (χ4v) is 6.56. The predicted octanol–water partition coefficient (Wildman–Crippen LogP) is -0.379. The van der Waals surface area contributed by atoms with Crippen LogP contribution in [0.4, 0.5) is 5.69 Å². The topological polar surface area (TPSA) is 260 Å². The molecule has 250 valence electrons. The van der Waals surface area contributed by atoms with E-state index in [-0.39, 0.29) is 6.42 Å². The molecule has 44 heavy (non-hydrogen) atoms. The van der Waals surface area contributed by atoms with Crippen LogP contribution in [0.3, 0.4) is 0 Å². The average molecular weight is 706 g/mol. The van der Waals surface area contributed by atoms with Gasteiger partial charge in [-0.05, 0) is 37.0 Å². The lowest BCUT2D eigenvalue weighted by Crippen LogP contribution is -2.48. The SMILES string of the molecule is NCC(=O)NCC(=O)N(CC(=O)NCCCC(O)(P(=O)(O)O)P(=O)(O)O)C(=O)CCCc1ccc(N(CCCl)CCCl)cc1. The normalized spacial score (nSPS) is 12.0. The number of nitrogens with two attached hydrogens (primary N) is 1. The van der Waals surface area contributed by atoms with E-state index in [1.54, 1.807) is 0 Å². The highest BCUT2D eigenvalue weighted by Gasteiger charge is 2.58. The maximum absolute atomic E-state index is 12.9. The molecule has 0 heterocycles. The summed E-state index contributed by atoms with van der Waals surface area (Å²) in [6.45, 7) is -0.975. The summed E-state index contributed by atoms with van der Waals surface area (Å²) in [5, 5.41) is 10.8. The molecule has 9 N–H and O–H groups in total. The molecule has 0 aliphatic rings. The fraction of sp³-hybridized carbons (Fsp3) is 0.583. The first-order valence-electron chi connectivity index (χ1n) is 13.4. The average Bonchev–Trinajstić information content (AvgIpc) is 2.95. The number of hydrogen-bond donors (Lipinski definition) is 8. The summed E-state index contributed by atoms with van der Waals surface area (Å²) in [5.41, 5.74) is 7.05. The van der Waals surface area contributed by atoms with Gasteiger partial charge < -0.3 is 45.9 Å². The molecule has 20 heteroatoms. The molecule has 4 amide bonds. The number of benzene rings is 1. The molecule has 0 fully saturated rings. The first kappa shape index (κ1) is 39.9. The number of hydrogen-bond acceptors (Lipinski definition) is 9. The Morgan fingerprint density at radius 3 is 1.93 bits per heavy atom. The Labute approximate surface area is 264 Å². The Bertz CT molecular complexity index is 1190. The number of nitrogens with zero attached hydrogens (tertiary/aromatic N) is 2. The molecule has 1 rings (SSSR count). The Balaban J connectivity index is 2.81. The Morgan fingerprint density at radius 1 is 0.864 bits per heavy atom. The lowest BCUT2D eigenvalue weighted by atomic mass is 10.1. The minimum Gasteiger partial charge on any atom is -0.369 e. The molecule has 0 bridgehead atoms. The van der Waals surface area contributed by atoms with Gasteiger partial charge in [0.2, 0.25) is 23.6 Å². The first-order chi connectivity index (χ1) is 20.5. The predicted molar refractivity (Wildman–Crippen MR) is 163 cm³/mol. The monoisotopic (exact) mass is 705 g/mol. The summed E-state index contributed by atoms with van der Waals surface area (Å²) in [6.07, 6.45) is -0.881. The van der Waals surface area contributed by atoms with Gasteiger partial charge in [-0.1, -0.05) is 12.1 Å². The summed E-state index contributed by atoms with van der Waals surface area (Å²) in [5.74, 6) is -2.30. The number of halogens is 2. The molecular formula is C24H39Cl2N5O11P2. The van der Waals surface area contributed by atoms with Crippen LogP contribution in [0.15, 0.2) is 24.3 Å². The zero-order valence-corrected chi connectivity index (χ0v) is 27.1. The van der Waals surface area contributed by atoms with Crippen LogP contribution in [0.1, 0.15) is 31.2 Å². The second-order valence-electron chi connectivity index (χ2n) is 9.56. The molecule has 0 aliphatic carbocycles. The maximum atomic E-state index is 12.9. The number of nitrogens with one attached hydrogen (secondary N) is 2. The van der Waals surface area contributed by atoms with Crippen LogP contribution in [0.25, 0.3) is 0 Å². The van der Waals surface area contributed by atoms with Gasteiger partial charge in [-0.25, -0.2) is 0 Å². The van der Waals surface area contributed by atoms with Crippen LogP contribution in [0.5, 0.6) is 0 Å². The molecule has 1 aromatic carbocycles. The zero-order chi connectivity index (χ0) is 33.6. The van der Waals surface area contributed by atoms with Gasteiger partial charge in [-0.2, -0.15) is 0 Å². The van der Waals surface area contributed by atoms with E-state index in [1.165, 1.54) is 0 Å². The minimum atomic E-state index is -5.66. The standard InChI is InChI=1S/C24H39Cl2N5O11P2/c25-10-13-30(14-11-26)19-7-5-18(6-8-19)3-1-4-22(34)31(23(35)16-29-20(32)15-27)17-21(33)28-12-2-9-24(36,43(37,38)39)44(40,41)42/h5-8,36H,1-4,9-17,27H2,(H,28,33)(H,29,32)(H2,37,38,39)(H2,40,41,42). The molecule has 0 aromatic heterocycles. The highest BCUT2D eigenvalue weighted by Crippen LogP contribution is 2.69. The van der Waals surface area contributed by atoms with Crippen molar-refractivity contribution >= 4 is 67.7 Å². The molecule has 0 unspecified atom stereocenters. The molecular weight excluding hydrogens is 667 g/mol. The third-order valence-corrected chi connectivity index (χ3v) is 10.6. The van der Waals surface area contributed by atoms with Gasteiger partial charge in [0.05, 0.1) is 13.1 Å². The highest BCUT2D eigenvalue weighted by molar-refractivity contribution is 7.72. The van der Waals surface area contributed by atoms with Crippen molar-refractivity contribution < 1.29 is 53.0 Å². The van der Waals surface area contributed by atoms with E-state index in [4.69, 9.17) is 28.9 Å². The third kappa shape index (κ3) is 12.7. The Kier molecular flexibility index (Phi) is 17.0. The largest absolute Gasteiger partial charge is 0.369 e. The fourth-order valence-electron chi connectivity index (χ4n) is 3.90. The Hall–Kier alpha value is -2.10. The molecule has 0 saturated heterocycles. The van der Waals surface area contributed by atoms with Crippen molar-refractivity contribution in [2.75, 3.05) is 55.9 Å². The van der Waals surface area contributed by atoms with Crippen LogP contribution >= 0.6 is 38.4 Å². The second-order valence-corrected chi connectivity index (χ2v) is 14.3. The van der Waals surface area contributed by atoms with E-state index in [9.17, 15) is 53.0 Å². The molecule has 0 atom stereocenters. The third-order valence-electron chi connectivity index (χ3n) is 6.34. The summed E-state index contributed by atoms with van der Waals surface area (Å²) in [6, 6.07) is 7.57. The Morgan fingerprint density at radius 2 is 1.43 bits per heavy atom. The number of carbonyl (C=O) groups is 4. The van der Waals surface area contributed by atoms with Gasteiger partial charge in [0.25, 0.3) is 5.08 Å². The quantitative estimate of drug-likeness (QED) is 0.0489. The summed E-state index contributed by atoms with van der Waals surface area (Å²) < 4.78 is 22.9. The highest BCUT2D eigenvalue weighted by atomic mass is 35.5. The molecule has 0 aliphatic heterocycles. The van der Waals surface area contributed by atoms with Crippen LogP contribution in [-0.2, 0) is 34.7 Å². The number of amides is 4. The van der Waals surface area contributed by atoms with Crippen molar-refractivity contribution in [2.45, 2.75) is 37.2 Å². The van der Waals surface area contributed by atoms with E-state index >= 15 is 0 Å². The number of carbonyl (C=O) groups excluding carboxylic acids is 4. The summed E-state index contributed by atoms with van der Waals surface area (Å²) >= 11 is 11.7. The molecule has 16 nitrogen and oxygen atoms in total. The lowest BCUT2D eigenvalue weighted by Gasteiger charge is -2.29. The smallest absolute Gasteiger partial charge is 0.369 e. The number of alkyl halides is 2. The molecule has 1 aromatic rings. The van der Waals surface area contributed by atoms with Crippen molar-refractivity contribution in [1.82, 2.24) is 15.5 Å². The first-order valence-corrected chi connectivity index (χ1v) is 17.7. The second kappa shape index (κ2) is 18.8. The van der Waals surface area contributed by atoms with Crippen LogP contribution in [0.2, 0.25) is 0 Å². The number of anilines is 1. The molecule has 0 saturated carbocycles. The van der Waals surface area contributed by atoms with Crippen molar-refractivity contribution in [2.24, 2.45) is 5.73 Å². The van der Waals surface area contributed by atoms with Crippen molar-refractivity contribution in [1.29, 1.82) is 0 Å². The number of rotatable bonds is 20. The summed E-state index contributed by atoms with van der Waals surface area (Å²) in [7, 11) is -11.3. The van der Waals surface area contributed by atoms with Gasteiger partial charge in [0.15, 0.2) is 0 Å². The van der Waals surface area contributed by atoms with Crippen molar-refractivity contribution in [3.63, 3.8) is 0 Å². The van der Waals surface area contributed by atoms with E-state index in [1.807, 2.05) is 29.2 Å². The van der Waals surface area contributed by atoms with E-state index in [2.05, 4.69) is 10.6 Å². The zero-order valence-electron chi connectivity index (χ0n) is 23.8. The van der Waals surface area contributed by atoms with Crippen LogP contribution < -0.4 is 21.3 Å². The van der Waals surface area contributed by atoms with Gasteiger partial charge in [-0.15, -0.1) is 23.2 Å². The number of aryl methyl sites for hydroxylation is 1. The minimum absolute atomic E-state index is 0.131. The van der Waals surface area contributed by atoms with Gasteiger partial charge >= 0.3 is 15.2 Å².